The smallest absolute Gasteiger partial charge is 0.238 e. The molecule has 0 atom stereocenters. The first-order chi connectivity index (χ1) is 9.68. The van der Waals surface area contributed by atoms with Crippen molar-refractivity contribution in [2.45, 2.75) is 4.90 Å². The number of anilines is 3. The predicted molar refractivity (Wildman–Crippen MR) is 89.7 cm³/mol. The molecule has 0 radical (unpaired) electrons. The number of nitrogen functional groups attached to an aromatic ring is 1. The molecule has 112 valence electrons. The van der Waals surface area contributed by atoms with Gasteiger partial charge in [0, 0.05) is 15.8 Å². The Bertz CT molecular complexity index is 812. The molecule has 21 heavy (non-hydrogen) atoms. The van der Waals surface area contributed by atoms with E-state index < -0.39 is 10.0 Å². The highest BCUT2D eigenvalue weighted by Gasteiger charge is 2.12. The van der Waals surface area contributed by atoms with Gasteiger partial charge < -0.3 is 11.1 Å². The highest BCUT2D eigenvalue weighted by Crippen LogP contribution is 2.37. The van der Waals surface area contributed by atoms with Gasteiger partial charge in [0.15, 0.2) is 0 Å². The Morgan fingerprint density at radius 3 is 2.38 bits per heavy atom. The Morgan fingerprint density at radius 1 is 1.10 bits per heavy atom. The average Bonchev–Trinajstić information content (AvgIpc) is 2.38. The van der Waals surface area contributed by atoms with E-state index in [2.05, 4.69) is 21.2 Å². The summed E-state index contributed by atoms with van der Waals surface area (Å²) in [6, 6.07) is 7.59. The fourth-order valence-corrected chi connectivity index (χ4v) is 3.05. The van der Waals surface area contributed by atoms with E-state index in [9.17, 15) is 8.42 Å². The predicted octanol–water partition coefficient (Wildman–Crippen LogP) is 3.73. The maximum Gasteiger partial charge on any atom is 0.238 e. The number of hydrogen-bond acceptors (Lipinski definition) is 4. The Morgan fingerprint density at radius 2 is 1.76 bits per heavy atom. The second kappa shape index (κ2) is 6.02. The molecule has 2 rings (SSSR count). The van der Waals surface area contributed by atoms with Crippen LogP contribution in [0.5, 0.6) is 0 Å². The summed E-state index contributed by atoms with van der Waals surface area (Å²) in [5.74, 6) is 0. The molecule has 0 heterocycles. The Labute approximate surface area is 140 Å². The summed E-state index contributed by atoms with van der Waals surface area (Å²) in [7, 11) is -3.85. The lowest BCUT2D eigenvalue weighted by molar-refractivity contribution is 0.598. The van der Waals surface area contributed by atoms with Crippen molar-refractivity contribution in [2.75, 3.05) is 11.1 Å². The van der Waals surface area contributed by atoms with Crippen LogP contribution in [0.1, 0.15) is 0 Å². The van der Waals surface area contributed by atoms with Crippen LogP contribution in [0.4, 0.5) is 17.1 Å². The van der Waals surface area contributed by atoms with Gasteiger partial charge in [-0.25, -0.2) is 13.6 Å². The van der Waals surface area contributed by atoms with E-state index in [1.165, 1.54) is 12.1 Å². The zero-order valence-corrected chi connectivity index (χ0v) is 14.3. The van der Waals surface area contributed by atoms with E-state index in [1.807, 2.05) is 0 Å². The summed E-state index contributed by atoms with van der Waals surface area (Å²) < 4.78 is 23.4. The number of rotatable bonds is 3. The number of nitrogens with one attached hydrogen (secondary N) is 1. The van der Waals surface area contributed by atoms with Gasteiger partial charge in [-0.1, -0.05) is 23.2 Å². The standard InChI is InChI=1S/C12H10BrCl2N3O2S/c13-9-1-2-10(12(15)11(9)14)18-7-3-6(16)4-8(5-7)21(17,19)20/h1-5,18H,16H2,(H2,17,19,20). The molecule has 0 aromatic heterocycles. The Kier molecular flexibility index (Phi) is 4.69. The van der Waals surface area contributed by atoms with Crippen molar-refractivity contribution in [1.29, 1.82) is 0 Å². The molecule has 5 nitrogen and oxygen atoms in total. The topological polar surface area (TPSA) is 98.2 Å². The van der Waals surface area contributed by atoms with E-state index in [-0.39, 0.29) is 10.6 Å². The lowest BCUT2D eigenvalue weighted by Crippen LogP contribution is -2.12. The number of hydrogen-bond donors (Lipinski definition) is 3. The second-order valence-corrected chi connectivity index (χ2v) is 7.36. The minimum atomic E-state index is -3.85. The van der Waals surface area contributed by atoms with Gasteiger partial charge in [-0.2, -0.15) is 0 Å². The van der Waals surface area contributed by atoms with E-state index in [0.29, 0.717) is 25.9 Å². The zero-order valence-electron chi connectivity index (χ0n) is 10.4. The van der Waals surface area contributed by atoms with Crippen LogP contribution in [-0.4, -0.2) is 8.42 Å². The van der Waals surface area contributed by atoms with Crippen LogP contribution in [0.15, 0.2) is 39.7 Å². The minimum absolute atomic E-state index is 0.0932. The normalized spacial score (nSPS) is 11.4. The van der Waals surface area contributed by atoms with Crippen molar-refractivity contribution < 1.29 is 8.42 Å². The van der Waals surface area contributed by atoms with Crippen molar-refractivity contribution in [2.24, 2.45) is 5.14 Å². The van der Waals surface area contributed by atoms with Crippen molar-refractivity contribution in [3.63, 3.8) is 0 Å². The Balaban J connectivity index is 2.46. The summed E-state index contributed by atoms with van der Waals surface area (Å²) in [4.78, 5) is -0.0932. The van der Waals surface area contributed by atoms with Crippen LogP contribution < -0.4 is 16.2 Å². The first kappa shape index (κ1) is 16.4. The first-order valence-corrected chi connectivity index (χ1v) is 8.62. The van der Waals surface area contributed by atoms with Gasteiger partial charge in [-0.05, 0) is 46.3 Å². The number of halogens is 3. The molecule has 2 aromatic carbocycles. The first-order valence-electron chi connectivity index (χ1n) is 5.52. The fourth-order valence-electron chi connectivity index (χ4n) is 1.64. The summed E-state index contributed by atoms with van der Waals surface area (Å²) in [6.07, 6.45) is 0. The van der Waals surface area contributed by atoms with Gasteiger partial charge in [-0.15, -0.1) is 0 Å². The maximum absolute atomic E-state index is 11.4. The molecule has 0 unspecified atom stereocenters. The molecule has 0 aliphatic rings. The van der Waals surface area contributed by atoms with Gasteiger partial charge in [0.2, 0.25) is 10.0 Å². The lowest BCUT2D eigenvalue weighted by atomic mass is 10.2. The largest absolute Gasteiger partial charge is 0.399 e. The minimum Gasteiger partial charge on any atom is -0.399 e. The molecule has 0 aliphatic carbocycles. The third-order valence-electron chi connectivity index (χ3n) is 2.57. The summed E-state index contributed by atoms with van der Waals surface area (Å²) in [5.41, 5.74) is 6.87. The van der Waals surface area contributed by atoms with Crippen LogP contribution >= 0.6 is 39.1 Å². The molecule has 0 fully saturated rings. The molecule has 0 bridgehead atoms. The van der Waals surface area contributed by atoms with Crippen LogP contribution in [-0.2, 0) is 10.0 Å². The highest BCUT2D eigenvalue weighted by molar-refractivity contribution is 9.10. The molecule has 2 aromatic rings. The molecular formula is C12H10BrCl2N3O2S. The number of nitrogens with two attached hydrogens (primary N) is 2. The number of sulfonamides is 1. The van der Waals surface area contributed by atoms with E-state index in [1.54, 1.807) is 18.2 Å². The van der Waals surface area contributed by atoms with Gasteiger partial charge in [0.1, 0.15) is 0 Å². The van der Waals surface area contributed by atoms with Crippen LogP contribution in [0, 0.1) is 0 Å². The maximum atomic E-state index is 11.4. The average molecular weight is 411 g/mol. The third kappa shape index (κ3) is 3.81. The Hall–Kier alpha value is -0.990. The van der Waals surface area contributed by atoms with Crippen LogP contribution in [0.25, 0.3) is 0 Å². The molecule has 0 saturated heterocycles. The van der Waals surface area contributed by atoms with E-state index in [4.69, 9.17) is 34.1 Å². The second-order valence-electron chi connectivity index (χ2n) is 4.18. The fraction of sp³-hybridized carbons (Fsp3) is 0. The molecule has 5 N–H and O–H groups in total. The molecular weight excluding hydrogens is 401 g/mol. The molecule has 0 amide bonds. The SMILES string of the molecule is Nc1cc(Nc2ccc(Br)c(Cl)c2Cl)cc(S(N)(=O)=O)c1. The molecule has 0 aliphatic heterocycles. The van der Waals surface area contributed by atoms with Crippen molar-refractivity contribution in [1.82, 2.24) is 0 Å². The summed E-state index contributed by atoms with van der Waals surface area (Å²) in [5, 5.41) is 8.70. The third-order valence-corrected chi connectivity index (χ3v) is 5.24. The molecule has 0 spiro atoms. The number of primary sulfonamides is 1. The van der Waals surface area contributed by atoms with Crippen LogP contribution in [0.3, 0.4) is 0 Å². The monoisotopic (exact) mass is 409 g/mol. The summed E-state index contributed by atoms with van der Waals surface area (Å²) >= 11 is 15.4. The summed E-state index contributed by atoms with van der Waals surface area (Å²) in [6.45, 7) is 0. The van der Waals surface area contributed by atoms with Gasteiger partial charge in [0.05, 0.1) is 20.6 Å². The van der Waals surface area contributed by atoms with E-state index in [0.717, 1.165) is 0 Å². The van der Waals surface area contributed by atoms with Crippen LogP contribution in [0.2, 0.25) is 10.0 Å². The van der Waals surface area contributed by atoms with Gasteiger partial charge in [-0.3, -0.25) is 0 Å². The van der Waals surface area contributed by atoms with Crippen molar-refractivity contribution in [3.05, 3.63) is 44.8 Å². The van der Waals surface area contributed by atoms with E-state index >= 15 is 0 Å². The quantitative estimate of drug-likeness (QED) is 0.530. The zero-order chi connectivity index (χ0) is 15.8. The number of benzene rings is 2. The lowest BCUT2D eigenvalue weighted by Gasteiger charge is -2.12. The van der Waals surface area contributed by atoms with Gasteiger partial charge >= 0.3 is 0 Å². The highest BCUT2D eigenvalue weighted by atomic mass is 79.9. The van der Waals surface area contributed by atoms with Gasteiger partial charge in [0.25, 0.3) is 0 Å². The van der Waals surface area contributed by atoms with Crippen molar-refractivity contribution in [3.8, 4) is 0 Å². The molecule has 0 saturated carbocycles. The van der Waals surface area contributed by atoms with Crippen molar-refractivity contribution >= 4 is 66.2 Å². The molecule has 9 heteroatoms.